The Morgan fingerprint density at radius 2 is 2.16 bits per heavy atom. The van der Waals surface area contributed by atoms with E-state index in [9.17, 15) is 9.18 Å². The topological polar surface area (TPSA) is 64.8 Å². The molecule has 2 rings (SSSR count). The average molecular weight is 268 g/mol. The molecular weight excluding hydrogens is 251 g/mol. The van der Waals surface area contributed by atoms with Gasteiger partial charge in [0.25, 0.3) is 5.91 Å². The highest BCUT2D eigenvalue weighted by Gasteiger charge is 2.18. The summed E-state index contributed by atoms with van der Waals surface area (Å²) in [7, 11) is 0. The molecule has 6 heteroatoms. The molecule has 0 atom stereocenters. The first-order chi connectivity index (χ1) is 9.22. The van der Waals surface area contributed by atoms with Gasteiger partial charge in [0.15, 0.2) is 6.61 Å². The lowest BCUT2D eigenvalue weighted by molar-refractivity contribution is -0.137. The molecular formula is C13H17FN2O3. The van der Waals surface area contributed by atoms with Crippen LogP contribution in [0.5, 0.6) is 5.75 Å². The molecule has 0 aliphatic carbocycles. The normalized spacial score (nSPS) is 15.4. The number of hydrogen-bond acceptors (Lipinski definition) is 4. The van der Waals surface area contributed by atoms with Gasteiger partial charge in [-0.2, -0.15) is 0 Å². The van der Waals surface area contributed by atoms with Gasteiger partial charge >= 0.3 is 0 Å². The average Bonchev–Trinajstić information content (AvgIpc) is 2.45. The Morgan fingerprint density at radius 3 is 2.84 bits per heavy atom. The quantitative estimate of drug-likeness (QED) is 0.864. The van der Waals surface area contributed by atoms with Gasteiger partial charge in [0.05, 0.1) is 13.2 Å². The van der Waals surface area contributed by atoms with Crippen molar-refractivity contribution < 1.29 is 18.7 Å². The first kappa shape index (κ1) is 13.8. The summed E-state index contributed by atoms with van der Waals surface area (Å²) < 4.78 is 24.0. The number of amides is 1. The number of morpholine rings is 1. The van der Waals surface area contributed by atoms with E-state index in [1.165, 1.54) is 12.1 Å². The predicted molar refractivity (Wildman–Crippen MR) is 67.2 cm³/mol. The number of hydrogen-bond donors (Lipinski definition) is 1. The second-order valence-corrected chi connectivity index (χ2v) is 4.20. The van der Waals surface area contributed by atoms with E-state index in [0.717, 1.165) is 0 Å². The van der Waals surface area contributed by atoms with Crippen LogP contribution in [0.2, 0.25) is 0 Å². The fraction of sp³-hybridized carbons (Fsp3) is 0.462. The highest BCUT2D eigenvalue weighted by atomic mass is 19.1. The molecule has 5 nitrogen and oxygen atoms in total. The molecule has 1 heterocycles. The van der Waals surface area contributed by atoms with E-state index in [2.05, 4.69) is 0 Å². The van der Waals surface area contributed by atoms with E-state index in [1.54, 1.807) is 11.0 Å². The van der Waals surface area contributed by atoms with Gasteiger partial charge in [0, 0.05) is 25.2 Å². The van der Waals surface area contributed by atoms with Gasteiger partial charge in [-0.3, -0.25) is 4.79 Å². The standard InChI is InChI=1S/C13H17FN2O3/c14-11-2-1-3-12(10(11)8-15)19-9-13(17)16-4-6-18-7-5-16/h1-3H,4-9,15H2. The van der Waals surface area contributed by atoms with Gasteiger partial charge in [-0.15, -0.1) is 0 Å². The third kappa shape index (κ3) is 3.42. The van der Waals surface area contributed by atoms with Crippen LogP contribution in [-0.4, -0.2) is 43.7 Å². The van der Waals surface area contributed by atoms with E-state index < -0.39 is 5.82 Å². The van der Waals surface area contributed by atoms with Crippen molar-refractivity contribution >= 4 is 5.91 Å². The van der Waals surface area contributed by atoms with Gasteiger partial charge in [-0.05, 0) is 12.1 Å². The number of carbonyl (C=O) groups excluding carboxylic acids is 1. The van der Waals surface area contributed by atoms with Crippen molar-refractivity contribution in [1.29, 1.82) is 0 Å². The van der Waals surface area contributed by atoms with E-state index >= 15 is 0 Å². The van der Waals surface area contributed by atoms with Crippen LogP contribution in [0.4, 0.5) is 4.39 Å². The molecule has 1 aromatic rings. The Bertz CT molecular complexity index is 448. The van der Waals surface area contributed by atoms with Crippen LogP contribution < -0.4 is 10.5 Å². The third-order valence-corrected chi connectivity index (χ3v) is 2.99. The van der Waals surface area contributed by atoms with Gasteiger partial charge in [0.2, 0.25) is 0 Å². The van der Waals surface area contributed by atoms with E-state index in [1.807, 2.05) is 0 Å². The second kappa shape index (κ2) is 6.49. The summed E-state index contributed by atoms with van der Waals surface area (Å²) in [4.78, 5) is 13.5. The molecule has 1 aliphatic heterocycles. The lowest BCUT2D eigenvalue weighted by atomic mass is 10.2. The molecule has 0 aromatic heterocycles. The van der Waals surface area contributed by atoms with Crippen molar-refractivity contribution in [3.05, 3.63) is 29.6 Å². The van der Waals surface area contributed by atoms with Crippen LogP contribution in [0.25, 0.3) is 0 Å². The van der Waals surface area contributed by atoms with Gasteiger partial charge in [-0.25, -0.2) is 4.39 Å². The summed E-state index contributed by atoms with van der Waals surface area (Å²) in [6.45, 7) is 2.13. The van der Waals surface area contributed by atoms with Crippen molar-refractivity contribution in [2.45, 2.75) is 6.54 Å². The smallest absolute Gasteiger partial charge is 0.260 e. The number of halogens is 1. The van der Waals surface area contributed by atoms with E-state index in [0.29, 0.717) is 32.1 Å². The van der Waals surface area contributed by atoms with Crippen LogP contribution >= 0.6 is 0 Å². The van der Waals surface area contributed by atoms with Gasteiger partial charge in [-0.1, -0.05) is 6.07 Å². The van der Waals surface area contributed by atoms with Crippen molar-refractivity contribution in [3.63, 3.8) is 0 Å². The van der Waals surface area contributed by atoms with Crippen LogP contribution in [0.15, 0.2) is 18.2 Å². The zero-order valence-corrected chi connectivity index (χ0v) is 10.6. The summed E-state index contributed by atoms with van der Waals surface area (Å²) >= 11 is 0. The summed E-state index contributed by atoms with van der Waals surface area (Å²) in [6.07, 6.45) is 0. The van der Waals surface area contributed by atoms with Crippen molar-refractivity contribution in [2.24, 2.45) is 5.73 Å². The Morgan fingerprint density at radius 1 is 1.42 bits per heavy atom. The molecule has 0 bridgehead atoms. The third-order valence-electron chi connectivity index (χ3n) is 2.99. The maximum atomic E-state index is 13.5. The van der Waals surface area contributed by atoms with Crippen LogP contribution in [-0.2, 0) is 16.1 Å². The minimum Gasteiger partial charge on any atom is -0.483 e. The molecule has 0 radical (unpaired) electrons. The summed E-state index contributed by atoms with van der Waals surface area (Å²) in [5.74, 6) is -0.224. The number of nitrogens with zero attached hydrogens (tertiary/aromatic N) is 1. The maximum absolute atomic E-state index is 13.5. The summed E-state index contributed by atoms with van der Waals surface area (Å²) in [5, 5.41) is 0. The number of benzene rings is 1. The number of ether oxygens (including phenoxy) is 2. The maximum Gasteiger partial charge on any atom is 0.260 e. The Balaban J connectivity index is 1.94. The molecule has 104 valence electrons. The molecule has 1 fully saturated rings. The van der Waals surface area contributed by atoms with Crippen LogP contribution in [0.3, 0.4) is 0 Å². The molecule has 2 N–H and O–H groups in total. The first-order valence-electron chi connectivity index (χ1n) is 6.18. The van der Waals surface area contributed by atoms with Crippen molar-refractivity contribution in [2.75, 3.05) is 32.9 Å². The number of rotatable bonds is 4. The zero-order chi connectivity index (χ0) is 13.7. The van der Waals surface area contributed by atoms with E-state index in [4.69, 9.17) is 15.2 Å². The highest BCUT2D eigenvalue weighted by molar-refractivity contribution is 5.77. The summed E-state index contributed by atoms with van der Waals surface area (Å²) in [5.41, 5.74) is 5.76. The monoisotopic (exact) mass is 268 g/mol. The van der Waals surface area contributed by atoms with Crippen LogP contribution in [0.1, 0.15) is 5.56 Å². The molecule has 0 unspecified atom stereocenters. The molecule has 0 spiro atoms. The minimum absolute atomic E-state index is 0.0355. The van der Waals surface area contributed by atoms with Crippen molar-refractivity contribution in [1.82, 2.24) is 4.90 Å². The van der Waals surface area contributed by atoms with Gasteiger partial charge in [0.1, 0.15) is 11.6 Å². The fourth-order valence-corrected chi connectivity index (χ4v) is 1.92. The minimum atomic E-state index is -0.418. The lowest BCUT2D eigenvalue weighted by Gasteiger charge is -2.26. The molecule has 0 saturated carbocycles. The highest BCUT2D eigenvalue weighted by Crippen LogP contribution is 2.20. The molecule has 1 saturated heterocycles. The Kier molecular flexibility index (Phi) is 4.70. The number of nitrogens with two attached hydrogens (primary N) is 1. The molecule has 1 aromatic carbocycles. The SMILES string of the molecule is NCc1c(F)cccc1OCC(=O)N1CCOCC1. The predicted octanol–water partition coefficient (Wildman–Crippen LogP) is 0.522. The zero-order valence-electron chi connectivity index (χ0n) is 10.6. The van der Waals surface area contributed by atoms with Gasteiger partial charge < -0.3 is 20.1 Å². The second-order valence-electron chi connectivity index (χ2n) is 4.20. The largest absolute Gasteiger partial charge is 0.483 e. The molecule has 19 heavy (non-hydrogen) atoms. The van der Waals surface area contributed by atoms with Crippen LogP contribution in [0, 0.1) is 5.82 Å². The first-order valence-corrected chi connectivity index (χ1v) is 6.18. The van der Waals surface area contributed by atoms with Crippen molar-refractivity contribution in [3.8, 4) is 5.75 Å². The Hall–Kier alpha value is -1.66. The molecule has 1 aliphatic rings. The number of carbonyl (C=O) groups is 1. The molecule has 1 amide bonds. The summed E-state index contributed by atoms with van der Waals surface area (Å²) in [6, 6.07) is 4.46. The fourth-order valence-electron chi connectivity index (χ4n) is 1.92. The lowest BCUT2D eigenvalue weighted by Crippen LogP contribution is -2.43. The Labute approximate surface area is 111 Å². The van der Waals surface area contributed by atoms with E-state index in [-0.39, 0.29) is 24.6 Å².